The first-order valence-corrected chi connectivity index (χ1v) is 8.03. The van der Waals surface area contributed by atoms with Crippen LogP contribution in [0.2, 0.25) is 0 Å². The summed E-state index contributed by atoms with van der Waals surface area (Å²) in [6.07, 6.45) is 2.54. The average Bonchev–Trinajstić information content (AvgIpc) is 2.85. The van der Waals surface area contributed by atoms with Crippen LogP contribution in [0.3, 0.4) is 0 Å². The molecule has 1 saturated heterocycles. The molecule has 19 heavy (non-hydrogen) atoms. The van der Waals surface area contributed by atoms with Crippen molar-refractivity contribution in [2.75, 3.05) is 19.7 Å². The van der Waals surface area contributed by atoms with E-state index < -0.39 is 10.0 Å². The van der Waals surface area contributed by atoms with Crippen LogP contribution in [-0.2, 0) is 16.4 Å². The second-order valence-electron chi connectivity index (χ2n) is 5.13. The molecule has 0 aromatic heterocycles. The fourth-order valence-electron chi connectivity index (χ4n) is 2.62. The van der Waals surface area contributed by atoms with Crippen molar-refractivity contribution in [1.29, 1.82) is 0 Å². The Kier molecular flexibility index (Phi) is 3.24. The average molecular weight is 282 g/mol. The second-order valence-corrected chi connectivity index (χ2v) is 7.07. The van der Waals surface area contributed by atoms with Crippen molar-refractivity contribution in [3.05, 3.63) is 23.8 Å². The molecule has 2 aliphatic heterocycles. The zero-order chi connectivity index (χ0) is 13.5. The summed E-state index contributed by atoms with van der Waals surface area (Å²) in [4.78, 5) is 0.353. The molecule has 3 rings (SSSR count). The summed E-state index contributed by atoms with van der Waals surface area (Å²) >= 11 is 0. The number of sulfonamides is 1. The summed E-state index contributed by atoms with van der Waals surface area (Å²) < 4.78 is 32.0. The normalized spacial score (nSPS) is 23.9. The first-order chi connectivity index (χ1) is 9.07. The first-order valence-electron chi connectivity index (χ1n) is 6.59. The van der Waals surface area contributed by atoms with Gasteiger partial charge in [0.15, 0.2) is 0 Å². The maximum Gasteiger partial charge on any atom is 0.243 e. The Hall–Kier alpha value is -1.11. The molecule has 2 heterocycles. The Balaban J connectivity index is 1.93. The molecule has 0 bridgehead atoms. The maximum absolute atomic E-state index is 12.5. The lowest BCUT2D eigenvalue weighted by Crippen LogP contribution is -2.32. The van der Waals surface area contributed by atoms with Gasteiger partial charge < -0.3 is 10.5 Å². The van der Waals surface area contributed by atoms with E-state index in [4.69, 9.17) is 10.5 Å². The molecule has 0 radical (unpaired) electrons. The van der Waals surface area contributed by atoms with Gasteiger partial charge in [-0.25, -0.2) is 8.42 Å². The third kappa shape index (κ3) is 2.35. The molecule has 1 atom stereocenters. The zero-order valence-electron chi connectivity index (χ0n) is 10.7. The monoisotopic (exact) mass is 282 g/mol. The van der Waals surface area contributed by atoms with Gasteiger partial charge in [-0.05, 0) is 43.0 Å². The second kappa shape index (κ2) is 4.77. The number of nitrogens with zero attached hydrogens (tertiary/aromatic N) is 1. The lowest BCUT2D eigenvalue weighted by molar-refractivity contribution is 0.288. The van der Waals surface area contributed by atoms with Gasteiger partial charge in [-0.2, -0.15) is 4.31 Å². The number of benzene rings is 1. The number of rotatable bonds is 2. The van der Waals surface area contributed by atoms with E-state index in [2.05, 4.69) is 0 Å². The van der Waals surface area contributed by atoms with Gasteiger partial charge >= 0.3 is 0 Å². The molecular weight excluding hydrogens is 264 g/mol. The van der Waals surface area contributed by atoms with E-state index in [1.54, 1.807) is 18.2 Å². The van der Waals surface area contributed by atoms with E-state index in [9.17, 15) is 8.42 Å². The van der Waals surface area contributed by atoms with Gasteiger partial charge in [0, 0.05) is 19.1 Å². The van der Waals surface area contributed by atoms with Crippen molar-refractivity contribution < 1.29 is 13.2 Å². The molecule has 1 aromatic carbocycles. The van der Waals surface area contributed by atoms with Crippen LogP contribution in [0.4, 0.5) is 0 Å². The highest BCUT2D eigenvalue weighted by Gasteiger charge is 2.31. The van der Waals surface area contributed by atoms with Crippen molar-refractivity contribution in [2.45, 2.75) is 30.2 Å². The van der Waals surface area contributed by atoms with Crippen LogP contribution in [-0.4, -0.2) is 38.5 Å². The molecule has 0 aliphatic carbocycles. The quantitative estimate of drug-likeness (QED) is 0.868. The number of aryl methyl sites for hydroxylation is 1. The van der Waals surface area contributed by atoms with Gasteiger partial charge in [0.05, 0.1) is 11.5 Å². The van der Waals surface area contributed by atoms with Crippen LogP contribution < -0.4 is 10.5 Å². The molecule has 5 nitrogen and oxygen atoms in total. The van der Waals surface area contributed by atoms with E-state index in [0.717, 1.165) is 30.6 Å². The van der Waals surface area contributed by atoms with Crippen molar-refractivity contribution in [2.24, 2.45) is 5.73 Å². The fourth-order valence-corrected chi connectivity index (χ4v) is 4.18. The van der Waals surface area contributed by atoms with Crippen LogP contribution in [0.1, 0.15) is 18.4 Å². The lowest BCUT2D eigenvalue weighted by atomic mass is 10.1. The minimum Gasteiger partial charge on any atom is -0.493 e. The Morgan fingerprint density at radius 3 is 2.95 bits per heavy atom. The van der Waals surface area contributed by atoms with Gasteiger partial charge in [0.25, 0.3) is 0 Å². The van der Waals surface area contributed by atoms with Crippen LogP contribution in [0, 0.1) is 0 Å². The van der Waals surface area contributed by atoms with Crippen molar-refractivity contribution >= 4 is 10.0 Å². The van der Waals surface area contributed by atoms with Gasteiger partial charge in [-0.1, -0.05) is 0 Å². The third-order valence-corrected chi connectivity index (χ3v) is 5.57. The van der Waals surface area contributed by atoms with E-state index in [0.29, 0.717) is 24.6 Å². The van der Waals surface area contributed by atoms with Crippen LogP contribution in [0.15, 0.2) is 23.1 Å². The Morgan fingerprint density at radius 1 is 1.37 bits per heavy atom. The highest BCUT2D eigenvalue weighted by atomic mass is 32.2. The Labute approximate surface area is 113 Å². The third-order valence-electron chi connectivity index (χ3n) is 3.71. The van der Waals surface area contributed by atoms with Gasteiger partial charge in [-0.3, -0.25) is 0 Å². The molecule has 0 saturated carbocycles. The summed E-state index contributed by atoms with van der Waals surface area (Å²) in [6, 6.07) is 5.09. The fraction of sp³-hybridized carbons (Fsp3) is 0.538. The molecule has 0 amide bonds. The van der Waals surface area contributed by atoms with Crippen molar-refractivity contribution in [3.63, 3.8) is 0 Å². The highest BCUT2D eigenvalue weighted by Crippen LogP contribution is 2.29. The Morgan fingerprint density at radius 2 is 2.21 bits per heavy atom. The van der Waals surface area contributed by atoms with Crippen molar-refractivity contribution in [1.82, 2.24) is 4.31 Å². The van der Waals surface area contributed by atoms with Crippen LogP contribution in [0.25, 0.3) is 0 Å². The predicted octanol–water partition coefficient (Wildman–Crippen LogP) is 0.733. The van der Waals surface area contributed by atoms with Crippen molar-refractivity contribution in [3.8, 4) is 5.75 Å². The summed E-state index contributed by atoms with van der Waals surface area (Å²) in [5.41, 5.74) is 6.77. The van der Waals surface area contributed by atoms with Crippen LogP contribution in [0.5, 0.6) is 5.75 Å². The molecule has 104 valence electrons. The molecular formula is C13H18N2O3S. The molecule has 1 fully saturated rings. The van der Waals surface area contributed by atoms with Gasteiger partial charge in [-0.15, -0.1) is 0 Å². The van der Waals surface area contributed by atoms with E-state index in [-0.39, 0.29) is 6.04 Å². The minimum absolute atomic E-state index is 0.0456. The molecule has 0 unspecified atom stereocenters. The minimum atomic E-state index is -3.41. The first kappa shape index (κ1) is 12.9. The highest BCUT2D eigenvalue weighted by molar-refractivity contribution is 7.89. The molecule has 0 spiro atoms. The lowest BCUT2D eigenvalue weighted by Gasteiger charge is -2.20. The summed E-state index contributed by atoms with van der Waals surface area (Å²) in [5, 5.41) is 0. The number of nitrogens with two attached hydrogens (primary N) is 1. The molecule has 6 heteroatoms. The smallest absolute Gasteiger partial charge is 0.243 e. The largest absolute Gasteiger partial charge is 0.493 e. The molecule has 2 N–H and O–H groups in total. The predicted molar refractivity (Wildman–Crippen MR) is 71.6 cm³/mol. The Bertz CT molecular complexity index is 586. The topological polar surface area (TPSA) is 72.6 Å². The number of hydrogen-bond acceptors (Lipinski definition) is 4. The maximum atomic E-state index is 12.5. The van der Waals surface area contributed by atoms with Crippen LogP contribution >= 0.6 is 0 Å². The number of hydrogen-bond donors (Lipinski definition) is 1. The van der Waals surface area contributed by atoms with E-state index in [1.165, 1.54) is 4.31 Å². The molecule has 2 aliphatic rings. The summed E-state index contributed by atoms with van der Waals surface area (Å²) in [7, 11) is -3.41. The van der Waals surface area contributed by atoms with E-state index in [1.807, 2.05) is 0 Å². The van der Waals surface area contributed by atoms with E-state index >= 15 is 0 Å². The summed E-state index contributed by atoms with van der Waals surface area (Å²) in [6.45, 7) is 1.63. The summed E-state index contributed by atoms with van der Waals surface area (Å²) in [5.74, 6) is 0.809. The number of ether oxygens (including phenoxy) is 1. The SMILES string of the molecule is N[C@@H]1CCN(S(=O)(=O)c2ccc3c(c2)CCCO3)C1. The number of fused-ring (bicyclic) bond motifs is 1. The standard InChI is InChI=1S/C13H18N2O3S/c14-11-5-6-15(9-11)19(16,17)12-3-4-13-10(8-12)2-1-7-18-13/h3-4,8,11H,1-2,5-7,9,14H2/t11-/m1/s1. The zero-order valence-corrected chi connectivity index (χ0v) is 11.5. The van der Waals surface area contributed by atoms with Gasteiger partial charge in [0.1, 0.15) is 5.75 Å². The molecule has 1 aromatic rings. The van der Waals surface area contributed by atoms with Gasteiger partial charge in [0.2, 0.25) is 10.0 Å².